The first-order valence-corrected chi connectivity index (χ1v) is 11.4. The molecule has 0 unspecified atom stereocenters. The maximum atomic E-state index is 13.1. The molecule has 5 rings (SSSR count). The smallest absolute Gasteiger partial charge is 0.157 e. The molecule has 8 atom stereocenters. The molecule has 6 nitrogen and oxygen atoms in total. The molecule has 28 heavy (non-hydrogen) atoms. The number of hydrazone groups is 1. The first-order valence-electron chi connectivity index (χ1n) is 11.4. The van der Waals surface area contributed by atoms with Gasteiger partial charge in [0.1, 0.15) is 6.34 Å². The largest absolute Gasteiger partial charge is 0.390 e. The molecular weight excluding hydrogens is 352 g/mol. The van der Waals surface area contributed by atoms with E-state index in [-0.39, 0.29) is 11.3 Å². The van der Waals surface area contributed by atoms with Crippen LogP contribution in [0.15, 0.2) is 5.10 Å². The fourth-order valence-electron chi connectivity index (χ4n) is 8.19. The number of nitrogens with one attached hydrogen (secondary N) is 2. The number of nitrogens with zero attached hydrogens (tertiary/aromatic N) is 2. The number of Topliss-reactive ketones (excluding diaryl/α,β-unsaturated/α-hetero) is 1. The summed E-state index contributed by atoms with van der Waals surface area (Å²) in [7, 11) is 0. The lowest BCUT2D eigenvalue weighted by molar-refractivity contribution is -0.133. The highest BCUT2D eigenvalue weighted by atomic mass is 16.3. The molecule has 5 aliphatic rings. The van der Waals surface area contributed by atoms with Gasteiger partial charge in [0.2, 0.25) is 0 Å². The summed E-state index contributed by atoms with van der Waals surface area (Å²) in [5.74, 6) is 4.44. The van der Waals surface area contributed by atoms with Crippen LogP contribution >= 0.6 is 0 Å². The summed E-state index contributed by atoms with van der Waals surface area (Å²) < 4.78 is 0. The number of hydrazine groups is 2. The molecule has 0 spiro atoms. The Bertz CT molecular complexity index is 665. The summed E-state index contributed by atoms with van der Waals surface area (Å²) in [5.41, 5.74) is 5.31. The van der Waals surface area contributed by atoms with Crippen LogP contribution in [0.2, 0.25) is 0 Å². The highest BCUT2D eigenvalue weighted by Crippen LogP contribution is 2.64. The summed E-state index contributed by atoms with van der Waals surface area (Å²) in [5, 5.41) is 16.2. The average molecular weight is 389 g/mol. The molecular formula is C22H36N4O2. The maximum absolute atomic E-state index is 13.1. The van der Waals surface area contributed by atoms with E-state index in [1.54, 1.807) is 11.3 Å². The predicted octanol–water partition coefficient (Wildman–Crippen LogP) is 2.84. The first-order chi connectivity index (χ1) is 13.4. The minimum Gasteiger partial charge on any atom is -0.390 e. The second-order valence-corrected chi connectivity index (χ2v) is 10.9. The zero-order chi connectivity index (χ0) is 19.5. The Labute approximate surface area is 168 Å². The molecule has 0 aromatic rings. The van der Waals surface area contributed by atoms with Gasteiger partial charge in [-0.15, -0.1) is 5.53 Å². The lowest BCUT2D eigenvalue weighted by Gasteiger charge is -2.56. The van der Waals surface area contributed by atoms with Gasteiger partial charge in [0.05, 0.1) is 12.1 Å². The molecule has 4 fully saturated rings. The van der Waals surface area contributed by atoms with E-state index < -0.39 is 5.60 Å². The highest BCUT2D eigenvalue weighted by molar-refractivity contribution is 5.85. The van der Waals surface area contributed by atoms with Crippen LogP contribution in [0.25, 0.3) is 0 Å². The van der Waals surface area contributed by atoms with E-state index in [0.29, 0.717) is 18.2 Å². The second kappa shape index (κ2) is 6.69. The zero-order valence-electron chi connectivity index (χ0n) is 17.4. The number of fused-ring (bicyclic) bond motifs is 5. The van der Waals surface area contributed by atoms with Crippen molar-refractivity contribution in [1.29, 1.82) is 0 Å². The van der Waals surface area contributed by atoms with Gasteiger partial charge in [-0.3, -0.25) is 9.80 Å². The van der Waals surface area contributed by atoms with E-state index in [1.807, 2.05) is 6.92 Å². The monoisotopic (exact) mass is 388 g/mol. The molecule has 4 saturated carbocycles. The van der Waals surface area contributed by atoms with Crippen LogP contribution in [0.3, 0.4) is 0 Å². The molecule has 0 bridgehead atoms. The standard InChI is InChI=1S/C22H36N4O2/c1-21(28)9-7-15-14(11-21)3-4-17-16(15)8-10-22(2)18(17)5-6-19(22)20(27)12-26-13-23-24-25-26/h13-19,24-25,28H,3-12H2,1-2H3/t14-,15-,16+,17+,18-,19+,21+,22-/m0/s1. The Morgan fingerprint density at radius 3 is 2.71 bits per heavy atom. The molecule has 0 aromatic heterocycles. The topological polar surface area (TPSA) is 77.0 Å². The third-order valence-corrected chi connectivity index (χ3v) is 9.41. The van der Waals surface area contributed by atoms with Crippen molar-refractivity contribution in [3.63, 3.8) is 0 Å². The van der Waals surface area contributed by atoms with Crippen molar-refractivity contribution in [2.75, 3.05) is 6.54 Å². The normalized spacial score (nSPS) is 49.9. The van der Waals surface area contributed by atoms with Crippen LogP contribution in [-0.4, -0.2) is 34.4 Å². The van der Waals surface area contributed by atoms with Crippen molar-refractivity contribution in [2.45, 2.75) is 77.2 Å². The summed E-state index contributed by atoms with van der Waals surface area (Å²) in [4.78, 5) is 13.1. The van der Waals surface area contributed by atoms with Crippen molar-refractivity contribution in [3.05, 3.63) is 0 Å². The van der Waals surface area contributed by atoms with E-state index in [2.05, 4.69) is 23.1 Å². The number of hydrogen-bond acceptors (Lipinski definition) is 6. The molecule has 0 aromatic carbocycles. The third kappa shape index (κ3) is 2.98. The van der Waals surface area contributed by atoms with Gasteiger partial charge >= 0.3 is 0 Å². The lowest BCUT2D eigenvalue weighted by atomic mass is 9.49. The first kappa shape index (κ1) is 18.9. The van der Waals surface area contributed by atoms with Crippen LogP contribution in [0, 0.1) is 40.9 Å². The van der Waals surface area contributed by atoms with E-state index in [4.69, 9.17) is 0 Å². The molecule has 4 aliphatic carbocycles. The van der Waals surface area contributed by atoms with Gasteiger partial charge in [-0.1, -0.05) is 6.92 Å². The summed E-state index contributed by atoms with van der Waals surface area (Å²) in [6.07, 6.45) is 12.2. The van der Waals surface area contributed by atoms with Gasteiger partial charge in [0.15, 0.2) is 5.78 Å². The fraction of sp³-hybridized carbons (Fsp3) is 0.909. The van der Waals surface area contributed by atoms with Crippen LogP contribution in [-0.2, 0) is 4.79 Å². The Morgan fingerprint density at radius 1 is 1.11 bits per heavy atom. The summed E-state index contributed by atoms with van der Waals surface area (Å²) >= 11 is 0. The number of rotatable bonds is 3. The number of ketones is 1. The van der Waals surface area contributed by atoms with Gasteiger partial charge in [-0.2, -0.15) is 5.10 Å². The van der Waals surface area contributed by atoms with Gasteiger partial charge in [0.25, 0.3) is 0 Å². The molecule has 156 valence electrons. The highest BCUT2D eigenvalue weighted by Gasteiger charge is 2.58. The predicted molar refractivity (Wildman–Crippen MR) is 108 cm³/mol. The summed E-state index contributed by atoms with van der Waals surface area (Å²) in [6.45, 7) is 4.86. The second-order valence-electron chi connectivity index (χ2n) is 10.9. The quantitative estimate of drug-likeness (QED) is 0.693. The molecule has 6 heteroatoms. The minimum atomic E-state index is -0.441. The minimum absolute atomic E-state index is 0.176. The molecule has 3 N–H and O–H groups in total. The Morgan fingerprint density at radius 2 is 1.93 bits per heavy atom. The molecule has 0 radical (unpaired) electrons. The Hall–Kier alpha value is -1.14. The van der Waals surface area contributed by atoms with Crippen molar-refractivity contribution in [2.24, 2.45) is 46.0 Å². The number of hydrogen-bond donors (Lipinski definition) is 3. The van der Waals surface area contributed by atoms with Crippen LogP contribution in [0.4, 0.5) is 0 Å². The van der Waals surface area contributed by atoms with Crippen molar-refractivity contribution in [1.82, 2.24) is 16.1 Å². The van der Waals surface area contributed by atoms with Crippen molar-refractivity contribution >= 4 is 12.1 Å². The van der Waals surface area contributed by atoms with E-state index in [1.165, 1.54) is 38.5 Å². The van der Waals surface area contributed by atoms with Crippen molar-refractivity contribution < 1.29 is 9.90 Å². The van der Waals surface area contributed by atoms with Gasteiger partial charge in [0, 0.05) is 5.92 Å². The van der Waals surface area contributed by atoms with E-state index in [0.717, 1.165) is 42.9 Å². The number of carbonyl (C=O) groups is 1. The molecule has 0 amide bonds. The summed E-state index contributed by atoms with van der Waals surface area (Å²) in [6, 6.07) is 0. The molecule has 0 saturated heterocycles. The average Bonchev–Trinajstić information content (AvgIpc) is 3.27. The van der Waals surface area contributed by atoms with Gasteiger partial charge < -0.3 is 5.11 Å². The molecule has 1 aliphatic heterocycles. The van der Waals surface area contributed by atoms with Gasteiger partial charge in [-0.05, 0) is 99.7 Å². The van der Waals surface area contributed by atoms with Crippen LogP contribution in [0.1, 0.15) is 71.6 Å². The van der Waals surface area contributed by atoms with E-state index in [9.17, 15) is 9.90 Å². The molecule has 1 heterocycles. The van der Waals surface area contributed by atoms with Crippen LogP contribution in [0.5, 0.6) is 0 Å². The maximum Gasteiger partial charge on any atom is 0.157 e. The van der Waals surface area contributed by atoms with Crippen LogP contribution < -0.4 is 11.1 Å². The lowest BCUT2D eigenvalue weighted by Crippen LogP contribution is -2.51. The van der Waals surface area contributed by atoms with Gasteiger partial charge in [-0.25, -0.2) is 5.53 Å². The number of carbonyl (C=O) groups excluding carboxylic acids is 1. The van der Waals surface area contributed by atoms with E-state index >= 15 is 0 Å². The Balaban J connectivity index is 1.30. The van der Waals surface area contributed by atoms with Crippen molar-refractivity contribution in [3.8, 4) is 0 Å². The Kier molecular flexibility index (Phi) is 4.51. The SMILES string of the molecule is C[C@@]1(O)CC[C@H]2[C@@H](CC[C@@H]3[C@@H]2CC[C@]2(C)[C@@H](C(=O)CN4C=NNN4)CC[C@@H]32)C1. The third-order valence-electron chi connectivity index (χ3n) is 9.41. The zero-order valence-corrected chi connectivity index (χ0v) is 17.4. The fourth-order valence-corrected chi connectivity index (χ4v) is 8.19. The number of aliphatic hydroxyl groups is 1.